The molecule has 10 heteroatoms. The Bertz CT molecular complexity index is 1190. The van der Waals surface area contributed by atoms with E-state index in [-0.39, 0.29) is 12.1 Å². The summed E-state index contributed by atoms with van der Waals surface area (Å²) in [6.07, 6.45) is 0.416. The van der Waals surface area contributed by atoms with Crippen LogP contribution in [-0.4, -0.2) is 59.4 Å². The highest BCUT2D eigenvalue weighted by Crippen LogP contribution is 2.37. The maximum atomic E-state index is 12.1. The van der Waals surface area contributed by atoms with E-state index in [2.05, 4.69) is 5.48 Å². The third-order valence-corrected chi connectivity index (χ3v) is 7.18. The second-order valence-electron chi connectivity index (χ2n) is 9.23. The molecule has 0 spiro atoms. The normalized spacial score (nSPS) is 14.8. The van der Waals surface area contributed by atoms with Gasteiger partial charge in [-0.1, -0.05) is 17.7 Å². The molecule has 0 bridgehead atoms. The number of fused-ring (bicyclic) bond motifs is 2. The maximum Gasteiger partial charge on any atom is 0.227 e. The predicted molar refractivity (Wildman–Crippen MR) is 144 cm³/mol. The van der Waals surface area contributed by atoms with E-state index in [1.807, 2.05) is 69.0 Å². The van der Waals surface area contributed by atoms with Gasteiger partial charge in [-0.15, -0.1) is 0 Å². The summed E-state index contributed by atoms with van der Waals surface area (Å²) in [4.78, 5) is 12.5. The number of methoxy groups -OCH3 is 2. The number of hydroxylamine groups is 1. The summed E-state index contributed by atoms with van der Waals surface area (Å²) in [5.74, 6) is 1.10. The first-order chi connectivity index (χ1) is 17.2. The zero-order chi connectivity index (χ0) is 26.5. The van der Waals surface area contributed by atoms with Crippen molar-refractivity contribution in [1.29, 1.82) is 0 Å². The van der Waals surface area contributed by atoms with E-state index in [9.17, 15) is 9.67 Å². The van der Waals surface area contributed by atoms with Crippen LogP contribution in [0.1, 0.15) is 40.5 Å². The van der Waals surface area contributed by atoms with Gasteiger partial charge in [-0.25, -0.2) is 4.98 Å². The lowest BCUT2D eigenvalue weighted by Gasteiger charge is -2.44. The van der Waals surface area contributed by atoms with Gasteiger partial charge in [0.15, 0.2) is 11.5 Å². The zero-order valence-corrected chi connectivity index (χ0v) is 23.3. The molecule has 1 heterocycles. The third-order valence-electron chi connectivity index (χ3n) is 6.15. The van der Waals surface area contributed by atoms with Crippen molar-refractivity contribution in [3.8, 4) is 11.5 Å². The number of aromatic nitrogens is 1. The summed E-state index contributed by atoms with van der Waals surface area (Å²) in [6.45, 7) is 8.31. The minimum atomic E-state index is -1.63. The molecule has 0 aliphatic rings. The smallest absolute Gasteiger partial charge is 0.227 e. The van der Waals surface area contributed by atoms with Gasteiger partial charge in [0.05, 0.1) is 18.1 Å². The third kappa shape index (κ3) is 6.08. The monoisotopic (exact) mass is 535 g/mol. The van der Waals surface area contributed by atoms with E-state index in [1.54, 1.807) is 7.11 Å². The standard InChI is InChI=1S/C26H35ClN3O5P/c1-16(2)30(17(3)4)26(31,36-32)24(34-6)8-7-13-28-35-25-20-14-18-9-10-19(27)15-22(18)29-21(20)11-12-23(25)33-5/h9-12,14-17,24,28,31H,7-8,13H2,1-6H3. The number of hydrogen-bond acceptors (Lipinski definition) is 8. The largest absolute Gasteiger partial charge is 0.493 e. The number of nitrogens with zero attached hydrogens (tertiary/aromatic N) is 2. The Balaban J connectivity index is 1.72. The number of pyridine rings is 1. The fraction of sp³-hybridized carbons (Fsp3) is 0.500. The molecule has 2 unspecified atom stereocenters. The van der Waals surface area contributed by atoms with Crippen LogP contribution in [0.4, 0.5) is 0 Å². The molecule has 8 nitrogen and oxygen atoms in total. The van der Waals surface area contributed by atoms with Gasteiger partial charge in [0, 0.05) is 41.5 Å². The highest BCUT2D eigenvalue weighted by atomic mass is 35.5. The van der Waals surface area contributed by atoms with Gasteiger partial charge >= 0.3 is 0 Å². The number of hydrogen-bond donors (Lipinski definition) is 2. The number of nitrogens with one attached hydrogen (secondary N) is 1. The molecule has 2 aromatic carbocycles. The van der Waals surface area contributed by atoms with Crippen LogP contribution >= 0.6 is 20.1 Å². The van der Waals surface area contributed by atoms with Crippen molar-refractivity contribution >= 4 is 41.9 Å². The van der Waals surface area contributed by atoms with Gasteiger partial charge in [0.2, 0.25) is 13.9 Å². The van der Waals surface area contributed by atoms with Crippen LogP contribution in [0.3, 0.4) is 0 Å². The number of ether oxygens (including phenoxy) is 2. The number of halogens is 1. The second-order valence-corrected chi connectivity index (χ2v) is 10.5. The van der Waals surface area contributed by atoms with Crippen molar-refractivity contribution in [2.75, 3.05) is 20.8 Å². The minimum absolute atomic E-state index is 0.0184. The summed E-state index contributed by atoms with van der Waals surface area (Å²) < 4.78 is 23.2. The van der Waals surface area contributed by atoms with Gasteiger partial charge in [-0.05, 0) is 70.9 Å². The zero-order valence-electron chi connectivity index (χ0n) is 21.6. The molecule has 0 saturated heterocycles. The van der Waals surface area contributed by atoms with Gasteiger partial charge in [0.25, 0.3) is 0 Å². The van der Waals surface area contributed by atoms with Crippen LogP contribution < -0.4 is 15.1 Å². The highest BCUT2D eigenvalue weighted by Gasteiger charge is 2.46. The van der Waals surface area contributed by atoms with E-state index in [1.165, 1.54) is 7.11 Å². The van der Waals surface area contributed by atoms with Crippen molar-refractivity contribution in [3.63, 3.8) is 0 Å². The molecule has 36 heavy (non-hydrogen) atoms. The van der Waals surface area contributed by atoms with E-state index < -0.39 is 20.0 Å². The molecule has 2 atom stereocenters. The van der Waals surface area contributed by atoms with Crippen molar-refractivity contribution < 1.29 is 24.0 Å². The van der Waals surface area contributed by atoms with Crippen molar-refractivity contribution in [1.82, 2.24) is 15.4 Å². The van der Waals surface area contributed by atoms with Crippen LogP contribution in [-0.2, 0) is 9.30 Å². The topological polar surface area (TPSA) is 93.1 Å². The fourth-order valence-electron chi connectivity index (χ4n) is 4.67. The first-order valence-corrected chi connectivity index (χ1v) is 13.2. The van der Waals surface area contributed by atoms with Gasteiger partial charge < -0.3 is 19.4 Å². The molecular formula is C26H35ClN3O5P. The van der Waals surface area contributed by atoms with Gasteiger partial charge in [0.1, 0.15) is 6.10 Å². The first kappa shape index (κ1) is 28.5. The van der Waals surface area contributed by atoms with E-state index in [4.69, 9.17) is 30.9 Å². The Hall–Kier alpha value is -2.06. The molecule has 196 valence electrons. The Labute approximate surface area is 219 Å². The summed E-state index contributed by atoms with van der Waals surface area (Å²) in [6, 6.07) is 11.2. The molecule has 0 radical (unpaired) electrons. The highest BCUT2D eigenvalue weighted by molar-refractivity contribution is 7.25. The van der Waals surface area contributed by atoms with Crippen LogP contribution in [0.2, 0.25) is 5.02 Å². The van der Waals surface area contributed by atoms with Gasteiger partial charge in [-0.3, -0.25) is 9.46 Å². The fourth-order valence-corrected chi connectivity index (χ4v) is 5.75. The second kappa shape index (κ2) is 12.5. The average molecular weight is 536 g/mol. The molecule has 0 saturated carbocycles. The van der Waals surface area contributed by atoms with Crippen LogP contribution in [0, 0.1) is 0 Å². The number of aliphatic hydroxyl groups is 1. The summed E-state index contributed by atoms with van der Waals surface area (Å²) in [5, 5.41) is 13.7. The molecule has 3 rings (SSSR count). The SMILES string of the molecule is COc1ccc2nc3cc(Cl)ccc3cc2c1ONCCCC(OC)C(O)(P=O)N(C(C)C)C(C)C. The lowest BCUT2D eigenvalue weighted by molar-refractivity contribution is -0.153. The molecule has 0 aliphatic heterocycles. The Morgan fingerprint density at radius 1 is 1.11 bits per heavy atom. The van der Waals surface area contributed by atoms with E-state index in [0.717, 1.165) is 21.8 Å². The Kier molecular flexibility index (Phi) is 9.86. The van der Waals surface area contributed by atoms with Crippen LogP contribution in [0.5, 0.6) is 11.5 Å². The van der Waals surface area contributed by atoms with E-state index >= 15 is 0 Å². The molecule has 2 N–H and O–H groups in total. The average Bonchev–Trinajstić information content (AvgIpc) is 2.84. The molecule has 1 aromatic heterocycles. The number of benzene rings is 2. The van der Waals surface area contributed by atoms with Gasteiger partial charge in [-0.2, -0.15) is 5.48 Å². The summed E-state index contributed by atoms with van der Waals surface area (Å²) >= 11 is 6.13. The molecular weight excluding hydrogens is 501 g/mol. The Morgan fingerprint density at radius 2 is 1.83 bits per heavy atom. The molecule has 3 aromatic rings. The van der Waals surface area contributed by atoms with E-state index in [0.29, 0.717) is 35.9 Å². The minimum Gasteiger partial charge on any atom is -0.493 e. The first-order valence-electron chi connectivity index (χ1n) is 12.0. The van der Waals surface area contributed by atoms with Crippen LogP contribution in [0.15, 0.2) is 36.4 Å². The Morgan fingerprint density at radius 3 is 2.44 bits per heavy atom. The molecule has 0 fully saturated rings. The number of rotatable bonds is 13. The van der Waals surface area contributed by atoms with Crippen molar-refractivity contribution in [2.24, 2.45) is 0 Å². The predicted octanol–water partition coefficient (Wildman–Crippen LogP) is 5.79. The molecule has 0 aliphatic carbocycles. The molecule has 0 amide bonds. The lowest BCUT2D eigenvalue weighted by Crippen LogP contribution is -2.58. The lowest BCUT2D eigenvalue weighted by atomic mass is 10.1. The summed E-state index contributed by atoms with van der Waals surface area (Å²) in [5.41, 5.74) is 2.91. The van der Waals surface area contributed by atoms with Crippen LogP contribution in [0.25, 0.3) is 21.8 Å². The van der Waals surface area contributed by atoms with Crippen molar-refractivity contribution in [3.05, 3.63) is 41.4 Å². The quantitative estimate of drug-likeness (QED) is 0.0934. The summed E-state index contributed by atoms with van der Waals surface area (Å²) in [7, 11) is 2.71. The van der Waals surface area contributed by atoms with Crippen molar-refractivity contribution in [2.45, 2.75) is 64.2 Å². The maximum absolute atomic E-state index is 12.1.